The molecule has 2 atom stereocenters. The van der Waals surface area contributed by atoms with Crippen molar-refractivity contribution in [3.8, 4) is 11.1 Å². The molecule has 2 unspecified atom stereocenters. The molecule has 3 aliphatic heterocycles. The highest BCUT2D eigenvalue weighted by atomic mass is 32.1. The summed E-state index contributed by atoms with van der Waals surface area (Å²) in [5.41, 5.74) is 29.3. The van der Waals surface area contributed by atoms with Gasteiger partial charge in [-0.2, -0.15) is 0 Å². The summed E-state index contributed by atoms with van der Waals surface area (Å²) >= 11 is 1.94. The molecule has 5 heteroatoms. The molecule has 1 fully saturated rings. The van der Waals surface area contributed by atoms with Gasteiger partial charge in [0, 0.05) is 65.4 Å². The Labute approximate surface area is 537 Å². The fraction of sp³-hybridized carbons (Fsp3) is 0.429. The molecule has 0 bridgehead atoms. The summed E-state index contributed by atoms with van der Waals surface area (Å²) in [6.45, 7) is 42.5. The minimum atomic E-state index is -0.203. The van der Waals surface area contributed by atoms with E-state index in [1.807, 2.05) is 11.3 Å². The number of rotatable bonds is 4. The molecule has 0 N–H and O–H groups in total. The van der Waals surface area contributed by atoms with Crippen LogP contribution in [0, 0.1) is 0 Å². The number of fused-ring (bicyclic) bond motifs is 13. The maximum Gasteiger partial charge on any atom is 0.252 e. The zero-order chi connectivity index (χ0) is 62.3. The lowest BCUT2D eigenvalue weighted by atomic mass is 9.32. The van der Waals surface area contributed by atoms with Gasteiger partial charge in [-0.15, -0.1) is 11.3 Å². The Balaban J connectivity index is 1.06. The molecule has 16 rings (SSSR count). The fourth-order valence-electron chi connectivity index (χ4n) is 18.9. The second kappa shape index (κ2) is 18.6. The molecule has 0 radical (unpaired) electrons. The first kappa shape index (κ1) is 57.6. The summed E-state index contributed by atoms with van der Waals surface area (Å²) in [5.74, 6) is 0. The van der Waals surface area contributed by atoms with Gasteiger partial charge in [0.2, 0.25) is 0 Å². The highest BCUT2D eigenvalue weighted by Gasteiger charge is 2.59. The lowest BCUT2D eigenvalue weighted by Gasteiger charge is -2.52. The van der Waals surface area contributed by atoms with Crippen molar-refractivity contribution in [3.05, 3.63) is 184 Å². The van der Waals surface area contributed by atoms with Crippen LogP contribution in [0.1, 0.15) is 226 Å². The molecule has 8 aromatic carbocycles. The monoisotopic (exact) mass is 1190 g/mol. The van der Waals surface area contributed by atoms with Crippen molar-refractivity contribution in [2.45, 2.75) is 231 Å². The zero-order valence-corrected chi connectivity index (χ0v) is 57.5. The van der Waals surface area contributed by atoms with Gasteiger partial charge < -0.3 is 14.7 Å². The van der Waals surface area contributed by atoms with Crippen LogP contribution in [0.25, 0.3) is 31.3 Å². The molecule has 3 nitrogen and oxygen atoms in total. The van der Waals surface area contributed by atoms with Crippen LogP contribution < -0.4 is 31.1 Å². The smallest absolute Gasteiger partial charge is 0.252 e. The van der Waals surface area contributed by atoms with Gasteiger partial charge >= 0.3 is 0 Å². The van der Waals surface area contributed by atoms with Crippen LogP contribution in [-0.2, 0) is 43.3 Å². The van der Waals surface area contributed by atoms with Gasteiger partial charge in [-0.3, -0.25) is 0 Å². The summed E-state index contributed by atoms with van der Waals surface area (Å²) in [6.07, 6.45) is 11.7. The Bertz CT molecular complexity index is 4500. The number of anilines is 8. The third-order valence-corrected chi connectivity index (χ3v) is 26.3. The number of nitrogens with zero attached hydrogens (tertiary/aromatic N) is 3. The van der Waals surface area contributed by atoms with Crippen LogP contribution in [0.5, 0.6) is 0 Å². The average Bonchev–Trinajstić information content (AvgIpc) is 1.53. The first-order valence-corrected chi connectivity index (χ1v) is 35.0. The number of hydrogen-bond acceptors (Lipinski definition) is 4. The Morgan fingerprint density at radius 1 is 0.382 bits per heavy atom. The number of thiophene rings is 1. The van der Waals surface area contributed by atoms with Gasteiger partial charge in [0.1, 0.15) is 0 Å². The van der Waals surface area contributed by atoms with Crippen molar-refractivity contribution in [2.24, 2.45) is 0 Å². The normalized spacial score (nSPS) is 23.4. The second-order valence-electron chi connectivity index (χ2n) is 34.4. The van der Waals surface area contributed by atoms with E-state index < -0.39 is 0 Å². The van der Waals surface area contributed by atoms with Gasteiger partial charge in [0.15, 0.2) is 0 Å². The van der Waals surface area contributed by atoms with E-state index in [9.17, 15) is 0 Å². The molecule has 7 aliphatic rings. The second-order valence-corrected chi connectivity index (χ2v) is 35.5. The summed E-state index contributed by atoms with van der Waals surface area (Å²) < 4.78 is 2.67. The molecule has 4 heterocycles. The van der Waals surface area contributed by atoms with Crippen molar-refractivity contribution in [3.63, 3.8) is 0 Å². The van der Waals surface area contributed by atoms with E-state index in [-0.39, 0.29) is 55.6 Å². The zero-order valence-electron chi connectivity index (χ0n) is 56.7. The topological polar surface area (TPSA) is 9.72 Å². The predicted molar refractivity (Wildman–Crippen MR) is 386 cm³/mol. The third-order valence-electron chi connectivity index (χ3n) is 25.2. The molecule has 1 saturated carbocycles. The van der Waals surface area contributed by atoms with Crippen LogP contribution in [0.4, 0.5) is 45.5 Å². The minimum Gasteiger partial charge on any atom is -0.334 e. The standard InChI is InChI=1S/C84H94BN3S/c1-76(2,3)53-30-27-51(28-31-53)52-29-34-66-63(43-52)83(16)35-20-21-36-84(83,17)88(66)55-45-70-75-71(46-55)87(67-24-22-26-73-74(67)56-23-18-19-25-72(56)89-73)69-50-62-60(80(10,11)40-42-82(62,14)15)48-65(69)85(75)64-47-59-61(81(12,13)41-39-79(59,8)9)49-68(64)86(70)54-32-33-57-58(44-54)78(6,7)38-37-77(57,4)5/h18-19,22-34,43-50H,20-21,35-42H2,1-17H3. The van der Waals surface area contributed by atoms with Crippen molar-refractivity contribution in [1.29, 1.82) is 0 Å². The van der Waals surface area contributed by atoms with E-state index in [2.05, 4.69) is 272 Å². The van der Waals surface area contributed by atoms with E-state index in [0.29, 0.717) is 0 Å². The maximum atomic E-state index is 2.90. The van der Waals surface area contributed by atoms with Crippen LogP contribution in [0.2, 0.25) is 0 Å². The SMILES string of the molecule is CC(C)(C)c1ccc(-c2ccc3c(c2)C2(C)CCCCC2(C)N3c2cc3c4c(c2)N(c2cccc5sc6ccccc6c25)c2cc5c(cc2B4c2cc4c(cc2N3c2ccc3c(c2)C(C)(C)CCC3(C)C)C(C)(C)CCC4(C)C)C(C)(C)CCC5(C)C)cc1. The van der Waals surface area contributed by atoms with Crippen LogP contribution in [0.15, 0.2) is 140 Å². The quantitative estimate of drug-likeness (QED) is 0.163. The number of hydrogen-bond donors (Lipinski definition) is 0. The maximum absolute atomic E-state index is 2.90. The van der Waals surface area contributed by atoms with Gasteiger partial charge in [-0.25, -0.2) is 0 Å². The fourth-order valence-corrected chi connectivity index (χ4v) is 20.0. The molecule has 4 aliphatic carbocycles. The van der Waals surface area contributed by atoms with E-state index in [4.69, 9.17) is 0 Å². The van der Waals surface area contributed by atoms with Crippen molar-refractivity contribution in [2.75, 3.05) is 14.7 Å². The lowest BCUT2D eigenvalue weighted by molar-refractivity contribution is 0.195. The molecule has 1 aromatic heterocycles. The Morgan fingerprint density at radius 3 is 1.51 bits per heavy atom. The predicted octanol–water partition coefficient (Wildman–Crippen LogP) is 21.9. The molecule has 0 saturated heterocycles. The molecular weight excluding hydrogens is 1090 g/mol. The Morgan fingerprint density at radius 2 is 0.899 bits per heavy atom. The first-order chi connectivity index (χ1) is 41.9. The van der Waals surface area contributed by atoms with E-state index >= 15 is 0 Å². The lowest BCUT2D eigenvalue weighted by Crippen LogP contribution is -2.62. The highest BCUT2D eigenvalue weighted by Crippen LogP contribution is 2.63. The number of benzene rings is 8. The largest absolute Gasteiger partial charge is 0.334 e. The summed E-state index contributed by atoms with van der Waals surface area (Å²) in [7, 11) is 0. The van der Waals surface area contributed by atoms with Crippen LogP contribution in [0.3, 0.4) is 0 Å². The van der Waals surface area contributed by atoms with Crippen molar-refractivity contribution in [1.82, 2.24) is 0 Å². The molecule has 0 spiro atoms. The van der Waals surface area contributed by atoms with Crippen LogP contribution in [-0.4, -0.2) is 12.3 Å². The Hall–Kier alpha value is -6.56. The third kappa shape index (κ3) is 8.13. The van der Waals surface area contributed by atoms with Gasteiger partial charge in [-0.05, 0) is 235 Å². The van der Waals surface area contributed by atoms with Gasteiger partial charge in [0.25, 0.3) is 6.71 Å². The summed E-state index contributed by atoms with van der Waals surface area (Å²) in [5, 5.41) is 2.68. The molecule has 89 heavy (non-hydrogen) atoms. The molecule has 454 valence electrons. The van der Waals surface area contributed by atoms with Crippen molar-refractivity contribution < 1.29 is 0 Å². The van der Waals surface area contributed by atoms with Gasteiger partial charge in [-0.1, -0.05) is 196 Å². The highest BCUT2D eigenvalue weighted by molar-refractivity contribution is 7.26. The first-order valence-electron chi connectivity index (χ1n) is 34.2. The van der Waals surface area contributed by atoms with Gasteiger partial charge in [0.05, 0.1) is 11.2 Å². The minimum absolute atomic E-state index is 0.00254. The van der Waals surface area contributed by atoms with E-state index in [1.54, 1.807) is 0 Å². The molecule has 0 amide bonds. The summed E-state index contributed by atoms with van der Waals surface area (Å²) in [6, 6.07) is 57.7. The van der Waals surface area contributed by atoms with Crippen molar-refractivity contribution >= 4 is 100 Å². The van der Waals surface area contributed by atoms with E-state index in [1.165, 1.54) is 170 Å². The average molecular weight is 1190 g/mol. The molecule has 9 aromatic rings. The van der Waals surface area contributed by atoms with E-state index in [0.717, 1.165) is 32.1 Å². The summed E-state index contributed by atoms with van der Waals surface area (Å²) in [4.78, 5) is 8.55. The van der Waals surface area contributed by atoms with Crippen LogP contribution >= 0.6 is 11.3 Å². The Kier molecular flexibility index (Phi) is 12.0. The molecular formula is C84H94BN3S.